The Kier molecular flexibility index (Phi) is 4.49. The quantitative estimate of drug-likeness (QED) is 0.808. The van der Waals surface area contributed by atoms with Gasteiger partial charge in [-0.1, -0.05) is 6.07 Å². The van der Waals surface area contributed by atoms with Crippen LogP contribution < -0.4 is 4.74 Å². The molecule has 6 heteroatoms. The third-order valence-corrected chi connectivity index (χ3v) is 3.17. The van der Waals surface area contributed by atoms with Crippen molar-refractivity contribution in [3.63, 3.8) is 0 Å². The molecule has 0 bridgehead atoms. The molecule has 0 radical (unpaired) electrons. The zero-order chi connectivity index (χ0) is 15.4. The van der Waals surface area contributed by atoms with Crippen molar-refractivity contribution in [3.8, 4) is 11.6 Å². The van der Waals surface area contributed by atoms with Crippen LogP contribution >= 0.6 is 0 Å². The molecule has 1 aromatic heterocycles. The van der Waals surface area contributed by atoms with Crippen LogP contribution in [0, 0.1) is 13.8 Å². The first-order chi connectivity index (χ1) is 10.0. The fourth-order valence-electron chi connectivity index (χ4n) is 1.70. The minimum atomic E-state index is -0.355. The van der Waals surface area contributed by atoms with Gasteiger partial charge in [-0.05, 0) is 43.2 Å². The van der Waals surface area contributed by atoms with E-state index in [9.17, 15) is 4.79 Å². The van der Waals surface area contributed by atoms with Gasteiger partial charge in [0.05, 0.1) is 13.3 Å². The smallest absolute Gasteiger partial charge is 0.282 e. The van der Waals surface area contributed by atoms with Crippen molar-refractivity contribution >= 4 is 5.91 Å². The fourth-order valence-corrected chi connectivity index (χ4v) is 1.70. The third-order valence-electron chi connectivity index (χ3n) is 3.17. The summed E-state index contributed by atoms with van der Waals surface area (Å²) < 4.78 is 5.68. The van der Waals surface area contributed by atoms with Crippen molar-refractivity contribution < 1.29 is 14.4 Å². The Bertz CT molecular complexity index is 658. The SMILES string of the molecule is CON(C)C(=O)c1ccnnc1Oc1ccc(C)c(C)c1. The van der Waals surface area contributed by atoms with Crippen LogP contribution in [0.15, 0.2) is 30.5 Å². The second-order valence-corrected chi connectivity index (χ2v) is 4.58. The molecule has 0 fully saturated rings. The number of rotatable bonds is 4. The molecular weight excluding hydrogens is 270 g/mol. The number of benzene rings is 1. The molecule has 0 spiro atoms. The molecular formula is C15H17N3O3. The molecule has 0 atom stereocenters. The summed E-state index contributed by atoms with van der Waals surface area (Å²) in [7, 11) is 2.93. The van der Waals surface area contributed by atoms with Crippen LogP contribution in [-0.4, -0.2) is 35.3 Å². The zero-order valence-electron chi connectivity index (χ0n) is 12.5. The first-order valence-electron chi connectivity index (χ1n) is 6.42. The van der Waals surface area contributed by atoms with E-state index in [4.69, 9.17) is 9.57 Å². The van der Waals surface area contributed by atoms with Crippen LogP contribution in [0.25, 0.3) is 0 Å². The van der Waals surface area contributed by atoms with Crippen LogP contribution in [0.5, 0.6) is 11.6 Å². The first kappa shape index (κ1) is 14.9. The molecule has 0 saturated heterocycles. The highest BCUT2D eigenvalue weighted by Crippen LogP contribution is 2.25. The molecule has 6 nitrogen and oxygen atoms in total. The highest BCUT2D eigenvalue weighted by molar-refractivity contribution is 5.95. The van der Waals surface area contributed by atoms with E-state index in [1.165, 1.54) is 20.4 Å². The number of aryl methyl sites for hydroxylation is 2. The molecule has 110 valence electrons. The number of carbonyl (C=O) groups is 1. The number of nitrogens with zero attached hydrogens (tertiary/aromatic N) is 3. The van der Waals surface area contributed by atoms with Gasteiger partial charge in [0.25, 0.3) is 11.8 Å². The third kappa shape index (κ3) is 3.35. The lowest BCUT2D eigenvalue weighted by Gasteiger charge is -2.15. The van der Waals surface area contributed by atoms with Gasteiger partial charge in [-0.3, -0.25) is 9.63 Å². The fraction of sp³-hybridized carbons (Fsp3) is 0.267. The van der Waals surface area contributed by atoms with Crippen LogP contribution in [0.2, 0.25) is 0 Å². The summed E-state index contributed by atoms with van der Waals surface area (Å²) in [5.74, 6) is 0.397. The molecule has 1 heterocycles. The highest BCUT2D eigenvalue weighted by atomic mass is 16.7. The van der Waals surface area contributed by atoms with Gasteiger partial charge < -0.3 is 4.74 Å². The molecule has 0 unspecified atom stereocenters. The number of hydrogen-bond acceptors (Lipinski definition) is 5. The van der Waals surface area contributed by atoms with E-state index in [1.54, 1.807) is 6.07 Å². The number of aromatic nitrogens is 2. The summed E-state index contributed by atoms with van der Waals surface area (Å²) in [5, 5.41) is 8.75. The second kappa shape index (κ2) is 6.32. The van der Waals surface area contributed by atoms with Crippen molar-refractivity contribution in [2.24, 2.45) is 0 Å². The summed E-state index contributed by atoms with van der Waals surface area (Å²) in [4.78, 5) is 17.0. The Morgan fingerprint density at radius 2 is 1.95 bits per heavy atom. The van der Waals surface area contributed by atoms with Gasteiger partial charge in [-0.15, -0.1) is 5.10 Å². The first-order valence-corrected chi connectivity index (χ1v) is 6.42. The summed E-state index contributed by atoms with van der Waals surface area (Å²) in [6.45, 7) is 4.01. The minimum Gasteiger partial charge on any atom is -0.437 e. The summed E-state index contributed by atoms with van der Waals surface area (Å²) in [6, 6.07) is 7.20. The molecule has 2 rings (SSSR count). The number of ether oxygens (including phenoxy) is 1. The predicted octanol–water partition coefficient (Wildman–Crippen LogP) is 2.52. The Balaban J connectivity index is 2.32. The summed E-state index contributed by atoms with van der Waals surface area (Å²) >= 11 is 0. The number of hydroxylamine groups is 2. The molecule has 0 aliphatic heterocycles. The molecule has 0 aliphatic carbocycles. The number of hydrogen-bond donors (Lipinski definition) is 0. The van der Waals surface area contributed by atoms with E-state index in [0.29, 0.717) is 5.75 Å². The highest BCUT2D eigenvalue weighted by Gasteiger charge is 2.19. The lowest BCUT2D eigenvalue weighted by Crippen LogP contribution is -2.26. The van der Waals surface area contributed by atoms with E-state index in [2.05, 4.69) is 10.2 Å². The van der Waals surface area contributed by atoms with Crippen LogP contribution in [0.1, 0.15) is 21.5 Å². The van der Waals surface area contributed by atoms with E-state index in [0.717, 1.165) is 16.2 Å². The van der Waals surface area contributed by atoms with Gasteiger partial charge in [0.15, 0.2) is 0 Å². The average Bonchev–Trinajstić information content (AvgIpc) is 2.50. The van der Waals surface area contributed by atoms with Crippen LogP contribution in [0.4, 0.5) is 0 Å². The maximum Gasteiger partial charge on any atom is 0.282 e. The number of carbonyl (C=O) groups excluding carboxylic acids is 1. The summed E-state index contributed by atoms with van der Waals surface area (Å²) in [6.07, 6.45) is 1.43. The van der Waals surface area contributed by atoms with E-state index >= 15 is 0 Å². The van der Waals surface area contributed by atoms with Gasteiger partial charge in [-0.2, -0.15) is 5.10 Å². The van der Waals surface area contributed by atoms with Crippen LogP contribution in [-0.2, 0) is 4.84 Å². The molecule has 0 saturated carbocycles. The van der Waals surface area contributed by atoms with Crippen LogP contribution in [0.3, 0.4) is 0 Å². The van der Waals surface area contributed by atoms with Crippen molar-refractivity contribution in [2.75, 3.05) is 14.2 Å². The molecule has 21 heavy (non-hydrogen) atoms. The Morgan fingerprint density at radius 3 is 2.62 bits per heavy atom. The van der Waals surface area contributed by atoms with Gasteiger partial charge >= 0.3 is 0 Å². The normalized spacial score (nSPS) is 10.3. The average molecular weight is 287 g/mol. The van der Waals surface area contributed by atoms with E-state index < -0.39 is 0 Å². The van der Waals surface area contributed by atoms with Crippen molar-refractivity contribution in [2.45, 2.75) is 13.8 Å². The second-order valence-electron chi connectivity index (χ2n) is 4.58. The number of amides is 1. The van der Waals surface area contributed by atoms with Crippen molar-refractivity contribution in [1.82, 2.24) is 15.3 Å². The Morgan fingerprint density at radius 1 is 1.19 bits per heavy atom. The lowest BCUT2D eigenvalue weighted by molar-refractivity contribution is -0.0758. The molecule has 1 amide bonds. The molecule has 0 aliphatic rings. The maximum atomic E-state index is 12.2. The maximum absolute atomic E-state index is 12.2. The van der Waals surface area contributed by atoms with E-state index in [1.807, 2.05) is 32.0 Å². The molecule has 2 aromatic rings. The minimum absolute atomic E-state index is 0.148. The van der Waals surface area contributed by atoms with Gasteiger partial charge in [0.2, 0.25) is 0 Å². The van der Waals surface area contributed by atoms with Crippen molar-refractivity contribution in [1.29, 1.82) is 0 Å². The largest absolute Gasteiger partial charge is 0.437 e. The standard InChI is InChI=1S/C15H17N3O3/c1-10-5-6-12(9-11(10)2)21-14-13(7-8-16-17-14)15(19)18(3)20-4/h5-9H,1-4H3. The Hall–Kier alpha value is -2.47. The zero-order valence-corrected chi connectivity index (χ0v) is 12.5. The molecule has 0 N–H and O–H groups in total. The van der Waals surface area contributed by atoms with Gasteiger partial charge in [0.1, 0.15) is 11.3 Å². The Labute approximate surface area is 123 Å². The topological polar surface area (TPSA) is 64.5 Å². The van der Waals surface area contributed by atoms with Gasteiger partial charge in [0, 0.05) is 7.05 Å². The molecule has 1 aromatic carbocycles. The van der Waals surface area contributed by atoms with Gasteiger partial charge in [-0.25, -0.2) is 5.06 Å². The lowest BCUT2D eigenvalue weighted by atomic mass is 10.1. The van der Waals surface area contributed by atoms with E-state index in [-0.39, 0.29) is 17.4 Å². The van der Waals surface area contributed by atoms with Crippen molar-refractivity contribution in [3.05, 3.63) is 47.2 Å². The monoisotopic (exact) mass is 287 g/mol. The summed E-state index contributed by atoms with van der Waals surface area (Å²) in [5.41, 5.74) is 2.54. The predicted molar refractivity (Wildman–Crippen MR) is 77.1 cm³/mol.